The normalized spacial score (nSPS) is 10.9. The van der Waals surface area contributed by atoms with E-state index in [1.807, 2.05) is 12.1 Å². The van der Waals surface area contributed by atoms with Gasteiger partial charge in [0, 0.05) is 10.6 Å². The molecule has 0 amide bonds. The van der Waals surface area contributed by atoms with Crippen LogP contribution in [-0.2, 0) is 6.16 Å². The van der Waals surface area contributed by atoms with E-state index in [2.05, 4.69) is 103 Å². The highest BCUT2D eigenvalue weighted by atomic mass is 79.9. The molecule has 0 bridgehead atoms. The molecule has 0 aliphatic heterocycles. The van der Waals surface area contributed by atoms with Crippen molar-refractivity contribution in [2.24, 2.45) is 0 Å². The second-order valence-electron chi connectivity index (χ2n) is 6.57. The van der Waals surface area contributed by atoms with Crippen LogP contribution < -0.4 is 32.9 Å². The quantitative estimate of drug-likeness (QED) is 0.396. The van der Waals surface area contributed by atoms with Crippen LogP contribution in [0.2, 0.25) is 5.02 Å². The van der Waals surface area contributed by atoms with Crippen molar-refractivity contribution in [2.45, 2.75) is 6.16 Å². The molecule has 0 saturated carbocycles. The van der Waals surface area contributed by atoms with Gasteiger partial charge in [-0.2, -0.15) is 0 Å². The van der Waals surface area contributed by atoms with Crippen molar-refractivity contribution in [1.29, 1.82) is 0 Å². The molecule has 4 aromatic rings. The largest absolute Gasteiger partial charge is 1.00 e. The molecule has 0 N–H and O–H groups in total. The van der Waals surface area contributed by atoms with Crippen LogP contribution in [0.1, 0.15) is 5.56 Å². The first-order chi connectivity index (χ1) is 13.3. The molecule has 28 heavy (non-hydrogen) atoms. The maximum absolute atomic E-state index is 6.61. The first kappa shape index (κ1) is 20.8. The minimum Gasteiger partial charge on any atom is -1.00 e. The van der Waals surface area contributed by atoms with Gasteiger partial charge in [-0.1, -0.05) is 84.4 Å². The Hall–Kier alpha value is -1.92. The second-order valence-corrected chi connectivity index (χ2v) is 10.5. The molecule has 0 radical (unpaired) electrons. The molecule has 4 aromatic carbocycles. The Kier molecular flexibility index (Phi) is 7.08. The van der Waals surface area contributed by atoms with Crippen molar-refractivity contribution in [1.82, 2.24) is 0 Å². The fourth-order valence-electron chi connectivity index (χ4n) is 3.65. The lowest BCUT2D eigenvalue weighted by molar-refractivity contribution is -0.00000513. The third kappa shape index (κ3) is 4.08. The minimum absolute atomic E-state index is 0. The molecular weight excluding hydrogens is 447 g/mol. The van der Waals surface area contributed by atoms with Crippen molar-refractivity contribution in [3.8, 4) is 0 Å². The van der Waals surface area contributed by atoms with Gasteiger partial charge in [0.25, 0.3) is 0 Å². The molecule has 140 valence electrons. The van der Waals surface area contributed by atoms with E-state index in [4.69, 9.17) is 11.6 Å². The van der Waals surface area contributed by atoms with Crippen molar-refractivity contribution in [3.05, 3.63) is 126 Å². The van der Waals surface area contributed by atoms with E-state index in [1.54, 1.807) is 0 Å². The number of halogens is 2. The molecule has 0 fully saturated rings. The van der Waals surface area contributed by atoms with Crippen LogP contribution in [0.25, 0.3) is 0 Å². The molecule has 0 nitrogen and oxygen atoms in total. The second kappa shape index (κ2) is 9.52. The smallest absolute Gasteiger partial charge is 0.116 e. The molecule has 0 heterocycles. The summed E-state index contributed by atoms with van der Waals surface area (Å²) in [6, 6.07) is 41.0. The van der Waals surface area contributed by atoms with Crippen LogP contribution in [0.4, 0.5) is 0 Å². The molecule has 4 rings (SSSR count). The van der Waals surface area contributed by atoms with E-state index >= 15 is 0 Å². The summed E-state index contributed by atoms with van der Waals surface area (Å²) in [4.78, 5) is 0. The number of hydrogen-bond donors (Lipinski definition) is 0. The van der Waals surface area contributed by atoms with Gasteiger partial charge in [-0.15, -0.1) is 0 Å². The van der Waals surface area contributed by atoms with Crippen molar-refractivity contribution in [2.75, 3.05) is 0 Å². The fraction of sp³-hybridized carbons (Fsp3) is 0.0400. The Morgan fingerprint density at radius 1 is 0.500 bits per heavy atom. The monoisotopic (exact) mass is 466 g/mol. The van der Waals surface area contributed by atoms with Crippen molar-refractivity contribution in [3.63, 3.8) is 0 Å². The van der Waals surface area contributed by atoms with E-state index in [0.29, 0.717) is 0 Å². The number of hydrogen-bond acceptors (Lipinski definition) is 0. The SMILES string of the molecule is Clc1ccccc1C[P+](c1ccccc1)(c1ccccc1)c1ccccc1.[Br-]. The van der Waals surface area contributed by atoms with Crippen molar-refractivity contribution >= 4 is 34.8 Å². The predicted molar refractivity (Wildman–Crippen MR) is 120 cm³/mol. The third-order valence-electron chi connectivity index (χ3n) is 4.96. The number of benzene rings is 4. The van der Waals surface area contributed by atoms with Gasteiger partial charge in [0.05, 0.1) is 6.16 Å². The molecule has 0 aliphatic carbocycles. The van der Waals surface area contributed by atoms with Gasteiger partial charge in [0.2, 0.25) is 0 Å². The Labute approximate surface area is 183 Å². The minimum atomic E-state index is -1.89. The van der Waals surface area contributed by atoms with E-state index in [-0.39, 0.29) is 17.0 Å². The maximum atomic E-state index is 6.61. The summed E-state index contributed by atoms with van der Waals surface area (Å²) >= 11 is 6.61. The molecule has 0 unspecified atom stereocenters. The first-order valence-electron chi connectivity index (χ1n) is 9.09. The Balaban J connectivity index is 0.00000225. The van der Waals surface area contributed by atoms with Crippen LogP contribution in [0.3, 0.4) is 0 Å². The van der Waals surface area contributed by atoms with E-state index in [9.17, 15) is 0 Å². The Morgan fingerprint density at radius 2 is 0.857 bits per heavy atom. The fourth-order valence-corrected chi connectivity index (χ4v) is 8.22. The average Bonchev–Trinajstić information content (AvgIpc) is 2.75. The highest BCUT2D eigenvalue weighted by Gasteiger charge is 2.45. The third-order valence-corrected chi connectivity index (χ3v) is 9.68. The molecule has 0 spiro atoms. The van der Waals surface area contributed by atoms with Crippen LogP contribution in [0, 0.1) is 0 Å². The lowest BCUT2D eigenvalue weighted by atomic mass is 10.2. The molecular formula is C25H21BrClP. The zero-order valence-electron chi connectivity index (χ0n) is 15.4. The Bertz CT molecular complexity index is 907. The molecule has 0 aliphatic rings. The topological polar surface area (TPSA) is 0 Å². The van der Waals surface area contributed by atoms with Gasteiger partial charge in [0.1, 0.15) is 23.2 Å². The summed E-state index contributed by atoms with van der Waals surface area (Å²) < 4.78 is 0. The molecule has 0 saturated heterocycles. The summed E-state index contributed by atoms with van der Waals surface area (Å²) in [5.41, 5.74) is 1.20. The van der Waals surface area contributed by atoms with Gasteiger partial charge in [-0.05, 0) is 42.5 Å². The van der Waals surface area contributed by atoms with Crippen molar-refractivity contribution < 1.29 is 17.0 Å². The first-order valence-corrected chi connectivity index (χ1v) is 11.4. The predicted octanol–water partition coefficient (Wildman–Crippen LogP) is 2.84. The zero-order chi connectivity index (χ0) is 18.5. The lowest BCUT2D eigenvalue weighted by Gasteiger charge is -2.28. The number of rotatable bonds is 5. The van der Waals surface area contributed by atoms with Crippen LogP contribution in [0.15, 0.2) is 115 Å². The van der Waals surface area contributed by atoms with Gasteiger partial charge in [-0.25, -0.2) is 0 Å². The van der Waals surface area contributed by atoms with E-state index in [1.165, 1.54) is 21.5 Å². The van der Waals surface area contributed by atoms with E-state index in [0.717, 1.165) is 11.2 Å². The molecule has 3 heteroatoms. The molecule has 0 aromatic heterocycles. The average molecular weight is 468 g/mol. The summed E-state index contributed by atoms with van der Waals surface area (Å²) in [7, 11) is -1.89. The standard InChI is InChI=1S/C25H21ClP.BrH/c26-25-19-11-10-12-21(25)20-27(22-13-4-1-5-14-22,23-15-6-2-7-16-23)24-17-8-3-9-18-24;/h1-19H,20H2;1H/q+1;/p-1. The van der Waals surface area contributed by atoms with Crippen LogP contribution in [-0.4, -0.2) is 0 Å². The Morgan fingerprint density at radius 3 is 1.25 bits per heavy atom. The molecule has 0 atom stereocenters. The van der Waals surface area contributed by atoms with Gasteiger partial charge in [0.15, 0.2) is 0 Å². The lowest BCUT2D eigenvalue weighted by Crippen LogP contribution is -3.00. The van der Waals surface area contributed by atoms with E-state index < -0.39 is 7.26 Å². The summed E-state index contributed by atoms with van der Waals surface area (Å²) in [5, 5.41) is 4.97. The van der Waals surface area contributed by atoms with Gasteiger partial charge >= 0.3 is 0 Å². The highest BCUT2D eigenvalue weighted by Crippen LogP contribution is 2.58. The summed E-state index contributed by atoms with van der Waals surface area (Å²) in [6.07, 6.45) is 0.907. The summed E-state index contributed by atoms with van der Waals surface area (Å²) in [6.45, 7) is 0. The van der Waals surface area contributed by atoms with Crippen LogP contribution in [0.5, 0.6) is 0 Å². The van der Waals surface area contributed by atoms with Gasteiger partial charge < -0.3 is 17.0 Å². The van der Waals surface area contributed by atoms with Crippen LogP contribution >= 0.6 is 18.9 Å². The maximum Gasteiger partial charge on any atom is 0.116 e. The summed E-state index contributed by atoms with van der Waals surface area (Å²) in [5.74, 6) is 0. The van der Waals surface area contributed by atoms with Gasteiger partial charge in [-0.3, -0.25) is 0 Å². The highest BCUT2D eigenvalue weighted by molar-refractivity contribution is 7.95. The zero-order valence-corrected chi connectivity index (χ0v) is 18.6.